The zero-order chi connectivity index (χ0) is 17.8. The maximum Gasteiger partial charge on any atom is 0.269 e. The van der Waals surface area contributed by atoms with Gasteiger partial charge in [-0.1, -0.05) is 30.7 Å². The highest BCUT2D eigenvalue weighted by Crippen LogP contribution is 2.29. The number of rotatable bonds is 3. The third kappa shape index (κ3) is 4.12. The second-order valence-electron chi connectivity index (χ2n) is 5.96. The van der Waals surface area contributed by atoms with Crippen molar-refractivity contribution < 1.29 is 14.3 Å². The number of benzene rings is 2. The topological polar surface area (TPSA) is 67.4 Å². The van der Waals surface area contributed by atoms with Crippen molar-refractivity contribution in [2.45, 2.75) is 19.8 Å². The molecule has 5 nitrogen and oxygen atoms in total. The van der Waals surface area contributed by atoms with E-state index >= 15 is 0 Å². The predicted molar refractivity (Wildman–Crippen MR) is 95.6 cm³/mol. The highest BCUT2D eigenvalue weighted by atomic mass is 35.5. The zero-order valence-electron chi connectivity index (χ0n) is 13.8. The lowest BCUT2D eigenvalue weighted by molar-refractivity contribution is -0.127. The Bertz CT molecular complexity index is 790. The van der Waals surface area contributed by atoms with Gasteiger partial charge >= 0.3 is 0 Å². The molecule has 1 aliphatic heterocycles. The lowest BCUT2D eigenvalue weighted by atomic mass is 9.96. The molecule has 6 heteroatoms. The van der Waals surface area contributed by atoms with Crippen LogP contribution in [-0.4, -0.2) is 18.4 Å². The Morgan fingerprint density at radius 3 is 2.64 bits per heavy atom. The normalized spacial score (nSPS) is 15.7. The second-order valence-corrected chi connectivity index (χ2v) is 6.39. The molecule has 130 valence electrons. The number of carbonyl (C=O) groups excluding carboxylic acids is 2. The van der Waals surface area contributed by atoms with E-state index in [-0.39, 0.29) is 24.3 Å². The van der Waals surface area contributed by atoms with E-state index in [2.05, 4.69) is 10.9 Å². The van der Waals surface area contributed by atoms with Crippen molar-refractivity contribution in [1.29, 1.82) is 0 Å². The summed E-state index contributed by atoms with van der Waals surface area (Å²) in [5, 5.41) is 0.604. The molecular formula is C19H19ClN2O3. The highest BCUT2D eigenvalue weighted by molar-refractivity contribution is 6.30. The number of fused-ring (bicyclic) bond motifs is 1. The number of aryl methyl sites for hydroxylation is 1. The molecule has 0 spiro atoms. The van der Waals surface area contributed by atoms with Crippen molar-refractivity contribution in [2.24, 2.45) is 5.92 Å². The Morgan fingerprint density at radius 1 is 1.16 bits per heavy atom. The summed E-state index contributed by atoms with van der Waals surface area (Å²) in [5.41, 5.74) is 7.46. The molecule has 0 aromatic heterocycles. The minimum Gasteiger partial charge on any atom is -0.492 e. The number of carbonyl (C=O) groups is 2. The Hall–Kier alpha value is -2.53. The third-order valence-electron chi connectivity index (χ3n) is 4.22. The van der Waals surface area contributed by atoms with Crippen LogP contribution in [-0.2, 0) is 17.6 Å². The molecule has 25 heavy (non-hydrogen) atoms. The van der Waals surface area contributed by atoms with Crippen LogP contribution in [0.4, 0.5) is 0 Å². The summed E-state index contributed by atoms with van der Waals surface area (Å²) in [4.78, 5) is 24.4. The minimum absolute atomic E-state index is 0.265. The summed E-state index contributed by atoms with van der Waals surface area (Å²) in [6.45, 7) is 2.31. The lowest BCUT2D eigenvalue weighted by Gasteiger charge is -2.24. The van der Waals surface area contributed by atoms with Crippen molar-refractivity contribution in [3.8, 4) is 5.75 Å². The van der Waals surface area contributed by atoms with Gasteiger partial charge in [-0.15, -0.1) is 0 Å². The Kier molecular flexibility index (Phi) is 5.24. The van der Waals surface area contributed by atoms with Crippen LogP contribution < -0.4 is 15.6 Å². The quantitative estimate of drug-likeness (QED) is 0.829. The molecule has 2 amide bonds. The van der Waals surface area contributed by atoms with E-state index in [9.17, 15) is 9.59 Å². The van der Waals surface area contributed by atoms with Gasteiger partial charge in [0.1, 0.15) is 12.4 Å². The molecule has 2 aromatic carbocycles. The van der Waals surface area contributed by atoms with E-state index in [4.69, 9.17) is 16.3 Å². The van der Waals surface area contributed by atoms with Crippen LogP contribution in [0.5, 0.6) is 5.75 Å². The first-order valence-corrected chi connectivity index (χ1v) is 8.55. The summed E-state index contributed by atoms with van der Waals surface area (Å²) in [6.07, 6.45) is 1.43. The highest BCUT2D eigenvalue weighted by Gasteiger charge is 2.26. The molecular weight excluding hydrogens is 340 g/mol. The molecule has 0 fully saturated rings. The number of hydrogen-bond acceptors (Lipinski definition) is 3. The van der Waals surface area contributed by atoms with Gasteiger partial charge in [0, 0.05) is 10.6 Å². The van der Waals surface area contributed by atoms with Gasteiger partial charge in [-0.2, -0.15) is 0 Å². The minimum atomic E-state index is -0.381. The summed E-state index contributed by atoms with van der Waals surface area (Å²) >= 11 is 5.98. The monoisotopic (exact) mass is 358 g/mol. The average molecular weight is 359 g/mol. The van der Waals surface area contributed by atoms with Gasteiger partial charge < -0.3 is 4.74 Å². The number of nitrogens with one attached hydrogen (secondary N) is 2. The van der Waals surface area contributed by atoms with E-state index < -0.39 is 0 Å². The van der Waals surface area contributed by atoms with Crippen LogP contribution in [0, 0.1) is 5.92 Å². The van der Waals surface area contributed by atoms with Gasteiger partial charge in [0.15, 0.2) is 0 Å². The van der Waals surface area contributed by atoms with Crippen LogP contribution in [0.25, 0.3) is 0 Å². The lowest BCUT2D eigenvalue weighted by Crippen LogP contribution is -2.47. The summed E-state index contributed by atoms with van der Waals surface area (Å²) in [6, 6.07) is 12.6. The van der Waals surface area contributed by atoms with Crippen molar-refractivity contribution >= 4 is 23.4 Å². The van der Waals surface area contributed by atoms with Gasteiger partial charge in [0.05, 0.1) is 5.92 Å². The van der Waals surface area contributed by atoms with Crippen LogP contribution in [0.1, 0.15) is 28.4 Å². The van der Waals surface area contributed by atoms with Crippen molar-refractivity contribution in [1.82, 2.24) is 10.9 Å². The number of amides is 2. The third-order valence-corrected chi connectivity index (χ3v) is 4.46. The molecule has 0 saturated carbocycles. The van der Waals surface area contributed by atoms with E-state index in [1.165, 1.54) is 0 Å². The Labute approximate surface area is 151 Å². The van der Waals surface area contributed by atoms with Gasteiger partial charge in [0.25, 0.3) is 5.91 Å². The maximum atomic E-state index is 12.3. The molecule has 3 rings (SSSR count). The molecule has 1 aliphatic rings. The van der Waals surface area contributed by atoms with Gasteiger partial charge in [0.2, 0.25) is 5.91 Å². The molecule has 0 unspecified atom stereocenters. The Morgan fingerprint density at radius 2 is 1.92 bits per heavy atom. The first-order valence-electron chi connectivity index (χ1n) is 8.17. The van der Waals surface area contributed by atoms with E-state index in [1.54, 1.807) is 30.3 Å². The fourth-order valence-corrected chi connectivity index (χ4v) is 2.91. The van der Waals surface area contributed by atoms with Gasteiger partial charge in [-0.25, -0.2) is 0 Å². The van der Waals surface area contributed by atoms with Gasteiger partial charge in [-0.3, -0.25) is 20.4 Å². The van der Waals surface area contributed by atoms with E-state index in [0.717, 1.165) is 23.3 Å². The van der Waals surface area contributed by atoms with Crippen molar-refractivity contribution in [3.05, 3.63) is 64.2 Å². The van der Waals surface area contributed by atoms with Gasteiger partial charge in [-0.05, 0) is 54.3 Å². The maximum absolute atomic E-state index is 12.3. The molecule has 0 aliphatic carbocycles. The summed E-state index contributed by atoms with van der Waals surface area (Å²) < 4.78 is 5.60. The SMILES string of the molecule is CCc1ccc(C(=O)NNC(=O)[C@H]2COc3ccc(Cl)cc3C2)cc1. The molecule has 0 bridgehead atoms. The first kappa shape index (κ1) is 17.3. The first-order chi connectivity index (χ1) is 12.1. The summed E-state index contributed by atoms with van der Waals surface area (Å²) in [5.74, 6) is -0.275. The Balaban J connectivity index is 1.56. The van der Waals surface area contributed by atoms with E-state index in [0.29, 0.717) is 17.0 Å². The van der Waals surface area contributed by atoms with Crippen LogP contribution in [0.3, 0.4) is 0 Å². The standard InChI is InChI=1S/C19H19ClN2O3/c1-2-12-3-5-13(6-4-12)18(23)21-22-19(24)15-9-14-10-16(20)7-8-17(14)25-11-15/h3-8,10,15H,2,9,11H2,1H3,(H,21,23)(H,22,24)/t15-/m1/s1. The average Bonchev–Trinajstić information content (AvgIpc) is 2.65. The van der Waals surface area contributed by atoms with Crippen molar-refractivity contribution in [2.75, 3.05) is 6.61 Å². The summed E-state index contributed by atoms with van der Waals surface area (Å²) in [7, 11) is 0. The molecule has 2 aromatic rings. The molecule has 0 saturated heterocycles. The van der Waals surface area contributed by atoms with Crippen LogP contribution in [0.2, 0.25) is 5.02 Å². The number of hydrogen-bond donors (Lipinski definition) is 2. The van der Waals surface area contributed by atoms with Crippen LogP contribution >= 0.6 is 11.6 Å². The molecule has 1 heterocycles. The predicted octanol–water partition coefficient (Wildman–Crippen LogP) is 2.91. The largest absolute Gasteiger partial charge is 0.492 e. The fraction of sp³-hybridized carbons (Fsp3) is 0.263. The number of halogens is 1. The van der Waals surface area contributed by atoms with Crippen LogP contribution in [0.15, 0.2) is 42.5 Å². The molecule has 0 radical (unpaired) electrons. The molecule has 1 atom stereocenters. The zero-order valence-corrected chi connectivity index (χ0v) is 14.6. The van der Waals surface area contributed by atoms with Crippen molar-refractivity contribution in [3.63, 3.8) is 0 Å². The smallest absolute Gasteiger partial charge is 0.269 e. The second kappa shape index (κ2) is 7.57. The molecule has 2 N–H and O–H groups in total. The van der Waals surface area contributed by atoms with E-state index in [1.807, 2.05) is 19.1 Å². The fourth-order valence-electron chi connectivity index (χ4n) is 2.72. The number of ether oxygens (including phenoxy) is 1. The number of hydrazine groups is 1.